The van der Waals surface area contributed by atoms with Crippen molar-refractivity contribution >= 4 is 22.3 Å². The Morgan fingerprint density at radius 2 is 2.17 bits per heavy atom. The highest BCUT2D eigenvalue weighted by Gasteiger charge is 2.29. The Bertz CT molecular complexity index is 593. The van der Waals surface area contributed by atoms with Crippen LogP contribution < -0.4 is 10.2 Å². The lowest BCUT2D eigenvalue weighted by atomic mass is 9.97. The van der Waals surface area contributed by atoms with E-state index in [4.69, 9.17) is 0 Å². The molecule has 2 aromatic rings. The van der Waals surface area contributed by atoms with Crippen LogP contribution in [0.2, 0.25) is 0 Å². The lowest BCUT2D eigenvalue weighted by molar-refractivity contribution is 0.467. The van der Waals surface area contributed by atoms with Gasteiger partial charge >= 0.3 is 0 Å². The summed E-state index contributed by atoms with van der Waals surface area (Å²) in [6.45, 7) is 2.25. The summed E-state index contributed by atoms with van der Waals surface area (Å²) in [6, 6.07) is 9.13. The van der Waals surface area contributed by atoms with Gasteiger partial charge in [-0.2, -0.15) is 0 Å². The standard InChI is InChI=1S/C15H17N3/c1-2-7-13-12(6-1)15-14(10-17-13)16-9-11-5-3-4-8-18(11)15/h1-2,6-7,10-11,16H,3-5,8-9H2. The molecule has 1 fully saturated rings. The number of nitrogens with one attached hydrogen (secondary N) is 1. The molecule has 2 aliphatic heterocycles. The van der Waals surface area contributed by atoms with E-state index in [1.54, 1.807) is 0 Å². The van der Waals surface area contributed by atoms with Gasteiger partial charge in [0, 0.05) is 24.5 Å². The highest BCUT2D eigenvalue weighted by Crippen LogP contribution is 2.39. The van der Waals surface area contributed by atoms with Crippen molar-refractivity contribution in [3.05, 3.63) is 30.5 Å². The van der Waals surface area contributed by atoms with Crippen LogP contribution in [0.4, 0.5) is 11.4 Å². The van der Waals surface area contributed by atoms with Gasteiger partial charge in [-0.05, 0) is 25.3 Å². The van der Waals surface area contributed by atoms with E-state index in [2.05, 4.69) is 39.5 Å². The fourth-order valence-electron chi connectivity index (χ4n) is 3.30. The molecule has 92 valence electrons. The zero-order chi connectivity index (χ0) is 11.9. The summed E-state index contributed by atoms with van der Waals surface area (Å²) in [4.78, 5) is 7.14. The van der Waals surface area contributed by atoms with E-state index >= 15 is 0 Å². The van der Waals surface area contributed by atoms with Crippen LogP contribution in [0, 0.1) is 0 Å². The summed E-state index contributed by atoms with van der Waals surface area (Å²) in [5.74, 6) is 0. The lowest BCUT2D eigenvalue weighted by Crippen LogP contribution is -2.47. The largest absolute Gasteiger partial charge is 0.380 e. The zero-order valence-electron chi connectivity index (χ0n) is 10.4. The molecule has 3 heterocycles. The van der Waals surface area contributed by atoms with Gasteiger partial charge in [-0.1, -0.05) is 18.2 Å². The van der Waals surface area contributed by atoms with Crippen molar-refractivity contribution < 1.29 is 0 Å². The maximum Gasteiger partial charge on any atom is 0.0772 e. The molecule has 18 heavy (non-hydrogen) atoms. The fraction of sp³-hybridized carbons (Fsp3) is 0.400. The molecule has 0 aliphatic carbocycles. The molecule has 2 aliphatic rings. The molecule has 3 nitrogen and oxygen atoms in total. The average Bonchev–Trinajstić information content (AvgIpc) is 2.46. The first-order chi connectivity index (χ1) is 8.93. The molecule has 1 N–H and O–H groups in total. The lowest BCUT2D eigenvalue weighted by Gasteiger charge is -2.42. The summed E-state index contributed by atoms with van der Waals surface area (Å²) in [5.41, 5.74) is 3.67. The SMILES string of the molecule is c1ccc2c3c(cnc2c1)NCC1CCCCN31. The minimum atomic E-state index is 0.664. The number of anilines is 2. The third-order valence-corrected chi connectivity index (χ3v) is 4.19. The smallest absolute Gasteiger partial charge is 0.0772 e. The van der Waals surface area contributed by atoms with Crippen molar-refractivity contribution in [3.8, 4) is 0 Å². The summed E-state index contributed by atoms with van der Waals surface area (Å²) >= 11 is 0. The number of hydrogen-bond acceptors (Lipinski definition) is 3. The highest BCUT2D eigenvalue weighted by molar-refractivity contribution is 5.99. The predicted octanol–water partition coefficient (Wildman–Crippen LogP) is 3.02. The third kappa shape index (κ3) is 1.40. The number of aromatic nitrogens is 1. The van der Waals surface area contributed by atoms with Gasteiger partial charge in [0.2, 0.25) is 0 Å². The number of nitrogens with zero attached hydrogens (tertiary/aromatic N) is 2. The molecule has 1 unspecified atom stereocenters. The minimum absolute atomic E-state index is 0.664. The number of benzene rings is 1. The minimum Gasteiger partial charge on any atom is -0.380 e. The number of pyridine rings is 1. The van der Waals surface area contributed by atoms with E-state index in [9.17, 15) is 0 Å². The first kappa shape index (κ1) is 10.2. The number of piperidine rings is 1. The van der Waals surface area contributed by atoms with E-state index in [0.29, 0.717) is 6.04 Å². The van der Waals surface area contributed by atoms with Crippen molar-refractivity contribution in [2.24, 2.45) is 0 Å². The first-order valence-electron chi connectivity index (χ1n) is 6.82. The van der Waals surface area contributed by atoms with Gasteiger partial charge in [-0.15, -0.1) is 0 Å². The molecule has 0 saturated carbocycles. The Morgan fingerprint density at radius 1 is 1.22 bits per heavy atom. The fourth-order valence-corrected chi connectivity index (χ4v) is 3.30. The Kier molecular flexibility index (Phi) is 2.19. The predicted molar refractivity (Wildman–Crippen MR) is 75.2 cm³/mol. The van der Waals surface area contributed by atoms with E-state index in [0.717, 1.165) is 12.1 Å². The quantitative estimate of drug-likeness (QED) is 0.766. The monoisotopic (exact) mass is 239 g/mol. The number of rotatable bonds is 0. The Morgan fingerprint density at radius 3 is 3.17 bits per heavy atom. The van der Waals surface area contributed by atoms with Crippen LogP contribution in [0.3, 0.4) is 0 Å². The van der Waals surface area contributed by atoms with Crippen LogP contribution in [0.15, 0.2) is 30.5 Å². The number of hydrogen-bond donors (Lipinski definition) is 1. The van der Waals surface area contributed by atoms with Crippen LogP contribution >= 0.6 is 0 Å². The van der Waals surface area contributed by atoms with Gasteiger partial charge < -0.3 is 10.2 Å². The molecule has 1 saturated heterocycles. The van der Waals surface area contributed by atoms with Gasteiger partial charge in [0.05, 0.1) is 23.1 Å². The molecular weight excluding hydrogens is 222 g/mol. The van der Waals surface area contributed by atoms with Crippen molar-refractivity contribution in [3.63, 3.8) is 0 Å². The summed E-state index contributed by atoms with van der Waals surface area (Å²) in [7, 11) is 0. The normalized spacial score (nSPS) is 22.2. The molecular formula is C15H17N3. The molecule has 1 aromatic heterocycles. The Balaban J connectivity index is 1.95. The molecule has 0 radical (unpaired) electrons. The maximum atomic E-state index is 4.54. The average molecular weight is 239 g/mol. The molecule has 3 heteroatoms. The number of fused-ring (bicyclic) bond motifs is 5. The zero-order valence-corrected chi connectivity index (χ0v) is 10.4. The topological polar surface area (TPSA) is 28.2 Å². The summed E-state index contributed by atoms with van der Waals surface area (Å²) < 4.78 is 0. The molecule has 4 rings (SSSR count). The van der Waals surface area contributed by atoms with Crippen molar-refractivity contribution in [2.45, 2.75) is 25.3 Å². The van der Waals surface area contributed by atoms with Gasteiger partial charge in [0.15, 0.2) is 0 Å². The second kappa shape index (κ2) is 3.87. The second-order valence-electron chi connectivity index (χ2n) is 5.26. The highest BCUT2D eigenvalue weighted by atomic mass is 15.2. The van der Waals surface area contributed by atoms with Gasteiger partial charge in [-0.25, -0.2) is 0 Å². The Hall–Kier alpha value is -1.77. The van der Waals surface area contributed by atoms with Crippen molar-refractivity contribution in [1.29, 1.82) is 0 Å². The molecule has 0 amide bonds. The van der Waals surface area contributed by atoms with Crippen LogP contribution in [0.1, 0.15) is 19.3 Å². The van der Waals surface area contributed by atoms with Crippen LogP contribution in [-0.4, -0.2) is 24.1 Å². The van der Waals surface area contributed by atoms with Gasteiger partial charge in [0.25, 0.3) is 0 Å². The van der Waals surface area contributed by atoms with E-state index < -0.39 is 0 Å². The first-order valence-corrected chi connectivity index (χ1v) is 6.82. The third-order valence-electron chi connectivity index (χ3n) is 4.19. The molecule has 0 spiro atoms. The van der Waals surface area contributed by atoms with Crippen LogP contribution in [0.5, 0.6) is 0 Å². The van der Waals surface area contributed by atoms with Crippen molar-refractivity contribution in [1.82, 2.24) is 4.98 Å². The van der Waals surface area contributed by atoms with Gasteiger partial charge in [0.1, 0.15) is 0 Å². The second-order valence-corrected chi connectivity index (χ2v) is 5.26. The van der Waals surface area contributed by atoms with E-state index in [1.807, 2.05) is 6.20 Å². The van der Waals surface area contributed by atoms with Crippen LogP contribution in [0.25, 0.3) is 10.9 Å². The number of para-hydroxylation sites is 1. The molecule has 1 aromatic carbocycles. The van der Waals surface area contributed by atoms with Crippen molar-refractivity contribution in [2.75, 3.05) is 23.3 Å². The Labute approximate surface area is 107 Å². The molecule has 0 bridgehead atoms. The maximum absolute atomic E-state index is 4.54. The summed E-state index contributed by atoms with van der Waals surface area (Å²) in [6.07, 6.45) is 5.97. The van der Waals surface area contributed by atoms with Gasteiger partial charge in [-0.3, -0.25) is 4.98 Å². The van der Waals surface area contributed by atoms with Crippen LogP contribution in [-0.2, 0) is 0 Å². The van der Waals surface area contributed by atoms with E-state index in [-0.39, 0.29) is 0 Å². The molecule has 1 atom stereocenters. The van der Waals surface area contributed by atoms with E-state index in [1.165, 1.54) is 42.6 Å². The summed E-state index contributed by atoms with van der Waals surface area (Å²) in [5, 5.41) is 4.84.